The summed E-state index contributed by atoms with van der Waals surface area (Å²) in [5.74, 6) is -0.772. The maximum absolute atomic E-state index is 11.6. The lowest BCUT2D eigenvalue weighted by molar-refractivity contribution is -0.144. The Balaban J connectivity index is 1.89. The van der Waals surface area contributed by atoms with Crippen LogP contribution in [0.25, 0.3) is 0 Å². The van der Waals surface area contributed by atoms with Gasteiger partial charge in [-0.15, -0.1) is 0 Å². The van der Waals surface area contributed by atoms with Crippen molar-refractivity contribution in [3.05, 3.63) is 70.2 Å². The number of hydrogen-bond donors (Lipinski definition) is 1. The molecule has 3 rings (SSSR count). The van der Waals surface area contributed by atoms with Gasteiger partial charge < -0.3 is 5.11 Å². The zero-order chi connectivity index (χ0) is 14.8. The van der Waals surface area contributed by atoms with E-state index in [-0.39, 0.29) is 0 Å². The molecule has 1 heterocycles. The first kappa shape index (κ1) is 14.1. The fourth-order valence-electron chi connectivity index (χ4n) is 2.83. The second-order valence-corrected chi connectivity index (χ2v) is 5.80. The minimum Gasteiger partial charge on any atom is -0.480 e. The molecule has 108 valence electrons. The third-order valence-electron chi connectivity index (χ3n) is 3.91. The topological polar surface area (TPSA) is 40.5 Å². The zero-order valence-electron chi connectivity index (χ0n) is 11.5. The van der Waals surface area contributed by atoms with E-state index in [2.05, 4.69) is 0 Å². The Morgan fingerprint density at radius 1 is 1.19 bits per heavy atom. The SMILES string of the molecule is O=C(O)[C@H]1Cc2ccc(Cl)cc2CN1Cc1ccccc1. The minimum atomic E-state index is -0.772. The first-order chi connectivity index (χ1) is 10.1. The number of aliphatic carboxylic acids is 1. The molecule has 0 unspecified atom stereocenters. The third kappa shape index (κ3) is 3.09. The summed E-state index contributed by atoms with van der Waals surface area (Å²) in [7, 11) is 0. The molecule has 0 fully saturated rings. The molecule has 21 heavy (non-hydrogen) atoms. The summed E-state index contributed by atoms with van der Waals surface area (Å²) in [5.41, 5.74) is 3.32. The van der Waals surface area contributed by atoms with Crippen molar-refractivity contribution in [2.24, 2.45) is 0 Å². The van der Waals surface area contributed by atoms with E-state index in [9.17, 15) is 9.90 Å². The molecule has 1 aliphatic rings. The molecular weight excluding hydrogens is 286 g/mol. The van der Waals surface area contributed by atoms with Crippen molar-refractivity contribution in [1.82, 2.24) is 4.90 Å². The Morgan fingerprint density at radius 2 is 1.95 bits per heavy atom. The van der Waals surface area contributed by atoms with Gasteiger partial charge in [0.2, 0.25) is 0 Å². The van der Waals surface area contributed by atoms with E-state index in [0.717, 1.165) is 16.7 Å². The molecule has 2 aromatic carbocycles. The molecule has 2 aromatic rings. The highest BCUT2D eigenvalue weighted by Gasteiger charge is 2.31. The van der Waals surface area contributed by atoms with Crippen LogP contribution in [0.5, 0.6) is 0 Å². The van der Waals surface area contributed by atoms with Crippen LogP contribution in [0, 0.1) is 0 Å². The van der Waals surface area contributed by atoms with Gasteiger partial charge in [0.25, 0.3) is 0 Å². The molecule has 0 amide bonds. The van der Waals surface area contributed by atoms with E-state index in [1.165, 1.54) is 0 Å². The molecular formula is C17H16ClNO2. The van der Waals surface area contributed by atoms with Crippen molar-refractivity contribution in [1.29, 1.82) is 0 Å². The van der Waals surface area contributed by atoms with Crippen LogP contribution < -0.4 is 0 Å². The fourth-order valence-corrected chi connectivity index (χ4v) is 3.03. The Hall–Kier alpha value is -1.84. The summed E-state index contributed by atoms with van der Waals surface area (Å²) in [4.78, 5) is 13.6. The van der Waals surface area contributed by atoms with Gasteiger partial charge in [0.15, 0.2) is 0 Å². The summed E-state index contributed by atoms with van der Waals surface area (Å²) >= 11 is 6.05. The molecule has 0 radical (unpaired) electrons. The smallest absolute Gasteiger partial charge is 0.321 e. The maximum atomic E-state index is 11.6. The Labute approximate surface area is 128 Å². The van der Waals surface area contributed by atoms with Gasteiger partial charge in [0.05, 0.1) is 0 Å². The average molecular weight is 302 g/mol. The quantitative estimate of drug-likeness (QED) is 0.945. The molecule has 0 saturated carbocycles. The molecule has 0 spiro atoms. The van der Waals surface area contributed by atoms with E-state index >= 15 is 0 Å². The van der Waals surface area contributed by atoms with Crippen molar-refractivity contribution in [3.8, 4) is 0 Å². The van der Waals surface area contributed by atoms with E-state index < -0.39 is 12.0 Å². The summed E-state index contributed by atoms with van der Waals surface area (Å²) in [5, 5.41) is 10.2. The highest BCUT2D eigenvalue weighted by Crippen LogP contribution is 2.27. The largest absolute Gasteiger partial charge is 0.480 e. The van der Waals surface area contributed by atoms with Crippen LogP contribution in [0.4, 0.5) is 0 Å². The van der Waals surface area contributed by atoms with Gasteiger partial charge in [-0.2, -0.15) is 0 Å². The van der Waals surface area contributed by atoms with Crippen LogP contribution in [0.15, 0.2) is 48.5 Å². The predicted molar refractivity (Wildman–Crippen MR) is 82.3 cm³/mol. The van der Waals surface area contributed by atoms with Crippen LogP contribution >= 0.6 is 11.6 Å². The number of benzene rings is 2. The van der Waals surface area contributed by atoms with Gasteiger partial charge in [0.1, 0.15) is 6.04 Å². The summed E-state index contributed by atoms with van der Waals surface area (Å²) in [6.07, 6.45) is 0.522. The standard InChI is InChI=1S/C17H16ClNO2/c18-15-7-6-13-9-16(17(20)21)19(11-14(13)8-15)10-12-4-2-1-3-5-12/h1-8,16H,9-11H2,(H,20,21)/t16-/m1/s1. The van der Waals surface area contributed by atoms with Crippen molar-refractivity contribution >= 4 is 17.6 Å². The van der Waals surface area contributed by atoms with Crippen molar-refractivity contribution in [2.45, 2.75) is 25.6 Å². The van der Waals surface area contributed by atoms with Gasteiger partial charge in [-0.25, -0.2) is 0 Å². The number of nitrogens with zero attached hydrogens (tertiary/aromatic N) is 1. The number of fused-ring (bicyclic) bond motifs is 1. The van der Waals surface area contributed by atoms with Gasteiger partial charge >= 0.3 is 5.97 Å². The second kappa shape index (κ2) is 5.88. The summed E-state index contributed by atoms with van der Waals surface area (Å²) < 4.78 is 0. The normalized spacial score (nSPS) is 18.2. The fraction of sp³-hybridized carbons (Fsp3) is 0.235. The van der Waals surface area contributed by atoms with Gasteiger partial charge in [-0.05, 0) is 35.2 Å². The first-order valence-electron chi connectivity index (χ1n) is 6.91. The second-order valence-electron chi connectivity index (χ2n) is 5.36. The monoisotopic (exact) mass is 301 g/mol. The Morgan fingerprint density at radius 3 is 2.67 bits per heavy atom. The molecule has 1 N–H and O–H groups in total. The first-order valence-corrected chi connectivity index (χ1v) is 7.29. The van der Waals surface area contributed by atoms with Crippen LogP contribution in [-0.2, 0) is 24.3 Å². The summed E-state index contributed by atoms with van der Waals surface area (Å²) in [6, 6.07) is 15.2. The number of carbonyl (C=O) groups is 1. The van der Waals surface area contributed by atoms with Crippen molar-refractivity contribution in [3.63, 3.8) is 0 Å². The van der Waals surface area contributed by atoms with Gasteiger partial charge in [-0.1, -0.05) is 48.0 Å². The number of carboxylic acid groups (broad SMARTS) is 1. The summed E-state index contributed by atoms with van der Waals surface area (Å²) in [6.45, 7) is 1.24. The minimum absolute atomic E-state index is 0.487. The number of rotatable bonds is 3. The average Bonchev–Trinajstić information content (AvgIpc) is 2.47. The Bertz CT molecular complexity index is 657. The van der Waals surface area contributed by atoms with Crippen LogP contribution in [0.3, 0.4) is 0 Å². The van der Waals surface area contributed by atoms with Gasteiger partial charge in [0, 0.05) is 18.1 Å². The molecule has 3 nitrogen and oxygen atoms in total. The van der Waals surface area contributed by atoms with E-state index in [1.807, 2.05) is 53.4 Å². The maximum Gasteiger partial charge on any atom is 0.321 e. The number of halogens is 1. The lowest BCUT2D eigenvalue weighted by Crippen LogP contribution is -2.45. The van der Waals surface area contributed by atoms with Crippen molar-refractivity contribution < 1.29 is 9.90 Å². The third-order valence-corrected chi connectivity index (χ3v) is 4.14. The van der Waals surface area contributed by atoms with Gasteiger partial charge in [-0.3, -0.25) is 9.69 Å². The lowest BCUT2D eigenvalue weighted by Gasteiger charge is -2.34. The van der Waals surface area contributed by atoms with E-state index in [4.69, 9.17) is 11.6 Å². The highest BCUT2D eigenvalue weighted by atomic mass is 35.5. The molecule has 1 atom stereocenters. The molecule has 4 heteroatoms. The van der Waals surface area contributed by atoms with E-state index in [0.29, 0.717) is 24.5 Å². The van der Waals surface area contributed by atoms with Crippen LogP contribution in [0.1, 0.15) is 16.7 Å². The van der Waals surface area contributed by atoms with Crippen LogP contribution in [0.2, 0.25) is 5.02 Å². The number of hydrogen-bond acceptors (Lipinski definition) is 2. The Kier molecular flexibility index (Phi) is 3.95. The van der Waals surface area contributed by atoms with Crippen molar-refractivity contribution in [2.75, 3.05) is 0 Å². The molecule has 1 aliphatic heterocycles. The number of carboxylic acids is 1. The van der Waals surface area contributed by atoms with E-state index in [1.54, 1.807) is 0 Å². The van der Waals surface area contributed by atoms with Crippen LogP contribution in [-0.4, -0.2) is 22.0 Å². The molecule has 0 aromatic heterocycles. The predicted octanol–water partition coefficient (Wildman–Crippen LogP) is 3.35. The molecule has 0 saturated heterocycles. The lowest BCUT2D eigenvalue weighted by atomic mass is 9.93. The molecule has 0 aliphatic carbocycles. The highest BCUT2D eigenvalue weighted by molar-refractivity contribution is 6.30. The molecule has 0 bridgehead atoms. The zero-order valence-corrected chi connectivity index (χ0v) is 12.3.